The second-order valence-electron chi connectivity index (χ2n) is 4.21. The normalized spacial score (nSPS) is 23.1. The van der Waals surface area contributed by atoms with Crippen LogP contribution in [-0.2, 0) is 4.79 Å². The van der Waals surface area contributed by atoms with Gasteiger partial charge in [-0.15, -0.1) is 0 Å². The fraction of sp³-hybridized carbons (Fsp3) is 0.333. The number of hydrogen-bond acceptors (Lipinski definition) is 3. The van der Waals surface area contributed by atoms with Gasteiger partial charge in [-0.05, 0) is 24.3 Å². The third kappa shape index (κ3) is 2.33. The number of carbonyl (C=O) groups is 2. The number of likely N-dealkylation sites (tertiary alicyclic amines) is 1. The summed E-state index contributed by atoms with van der Waals surface area (Å²) < 4.78 is 12.7. The Morgan fingerprint density at radius 1 is 1.28 bits per heavy atom. The van der Waals surface area contributed by atoms with E-state index >= 15 is 0 Å². The molecule has 96 valence electrons. The molecule has 1 aliphatic rings. The lowest BCUT2D eigenvalue weighted by molar-refractivity contribution is -0.141. The van der Waals surface area contributed by atoms with E-state index in [4.69, 9.17) is 5.11 Å². The second-order valence-corrected chi connectivity index (χ2v) is 4.21. The molecule has 1 fully saturated rings. The number of carboxylic acid groups (broad SMARTS) is 1. The molecule has 5 nitrogen and oxygen atoms in total. The van der Waals surface area contributed by atoms with Crippen molar-refractivity contribution >= 4 is 11.9 Å². The largest absolute Gasteiger partial charge is 0.480 e. The summed E-state index contributed by atoms with van der Waals surface area (Å²) in [5.74, 6) is -2.14. The van der Waals surface area contributed by atoms with Gasteiger partial charge in [-0.25, -0.2) is 9.18 Å². The predicted molar refractivity (Wildman–Crippen MR) is 59.5 cm³/mol. The fourth-order valence-corrected chi connectivity index (χ4v) is 2.03. The minimum Gasteiger partial charge on any atom is -0.480 e. The number of benzene rings is 1. The summed E-state index contributed by atoms with van der Waals surface area (Å²) in [6.45, 7) is -0.0207. The fourth-order valence-electron chi connectivity index (χ4n) is 2.03. The second kappa shape index (κ2) is 4.73. The van der Waals surface area contributed by atoms with Gasteiger partial charge >= 0.3 is 5.97 Å². The summed E-state index contributed by atoms with van der Waals surface area (Å²) in [6, 6.07) is 3.82. The molecular formula is C12H12FNO4. The Balaban J connectivity index is 2.22. The Bertz CT molecular complexity index is 473. The summed E-state index contributed by atoms with van der Waals surface area (Å²) in [5, 5.41) is 18.4. The first-order valence-electron chi connectivity index (χ1n) is 5.46. The molecule has 0 saturated carbocycles. The maximum absolute atomic E-state index is 12.7. The third-order valence-electron chi connectivity index (χ3n) is 2.92. The average Bonchev–Trinajstić information content (AvgIpc) is 2.71. The van der Waals surface area contributed by atoms with Gasteiger partial charge in [0.05, 0.1) is 6.10 Å². The lowest BCUT2D eigenvalue weighted by Gasteiger charge is -2.21. The molecule has 1 aromatic rings. The van der Waals surface area contributed by atoms with Crippen LogP contribution in [0.2, 0.25) is 0 Å². The van der Waals surface area contributed by atoms with Crippen LogP contribution in [0.5, 0.6) is 0 Å². The number of aliphatic hydroxyl groups is 1. The van der Waals surface area contributed by atoms with Crippen molar-refractivity contribution < 1.29 is 24.2 Å². The van der Waals surface area contributed by atoms with Gasteiger partial charge in [0.15, 0.2) is 0 Å². The number of rotatable bonds is 2. The molecule has 2 N–H and O–H groups in total. The number of aliphatic carboxylic acids is 1. The highest BCUT2D eigenvalue weighted by Gasteiger charge is 2.39. The lowest BCUT2D eigenvalue weighted by atomic mass is 10.1. The van der Waals surface area contributed by atoms with Crippen LogP contribution in [0, 0.1) is 5.82 Å². The van der Waals surface area contributed by atoms with Crippen molar-refractivity contribution in [1.82, 2.24) is 4.90 Å². The highest BCUT2D eigenvalue weighted by molar-refractivity contribution is 5.97. The van der Waals surface area contributed by atoms with Crippen molar-refractivity contribution in [2.24, 2.45) is 0 Å². The topological polar surface area (TPSA) is 77.8 Å². The number of carbonyl (C=O) groups excluding carboxylic acids is 1. The van der Waals surface area contributed by atoms with Gasteiger partial charge in [0.1, 0.15) is 11.9 Å². The van der Waals surface area contributed by atoms with Gasteiger partial charge in [-0.3, -0.25) is 4.79 Å². The van der Waals surface area contributed by atoms with Gasteiger partial charge in [-0.1, -0.05) is 0 Å². The monoisotopic (exact) mass is 253 g/mol. The Labute approximate surface area is 102 Å². The molecule has 2 rings (SSSR count). The van der Waals surface area contributed by atoms with Crippen LogP contribution in [0.25, 0.3) is 0 Å². The standard InChI is InChI=1S/C12H12FNO4/c13-8-3-1-7(2-4-8)11(16)14-6-9(15)5-10(14)12(17)18/h1-4,9-10,15H,5-6H2,(H,17,18)/t9?,10-/m0/s1. The summed E-state index contributed by atoms with van der Waals surface area (Å²) in [6.07, 6.45) is -0.821. The summed E-state index contributed by atoms with van der Waals surface area (Å²) in [7, 11) is 0. The van der Waals surface area contributed by atoms with Crippen LogP contribution < -0.4 is 0 Å². The molecule has 0 bridgehead atoms. The van der Waals surface area contributed by atoms with E-state index in [9.17, 15) is 19.1 Å². The first kappa shape index (κ1) is 12.5. The number of carboxylic acids is 1. The Morgan fingerprint density at radius 3 is 2.44 bits per heavy atom. The van der Waals surface area contributed by atoms with E-state index in [1.165, 1.54) is 12.1 Å². The van der Waals surface area contributed by atoms with E-state index in [2.05, 4.69) is 0 Å². The van der Waals surface area contributed by atoms with Crippen LogP contribution in [-0.4, -0.2) is 45.7 Å². The van der Waals surface area contributed by atoms with E-state index in [1.807, 2.05) is 0 Å². The first-order valence-corrected chi connectivity index (χ1v) is 5.46. The van der Waals surface area contributed by atoms with Crippen molar-refractivity contribution in [3.8, 4) is 0 Å². The molecule has 2 atom stereocenters. The average molecular weight is 253 g/mol. The van der Waals surface area contributed by atoms with Crippen molar-refractivity contribution in [1.29, 1.82) is 0 Å². The molecule has 0 aliphatic carbocycles. The van der Waals surface area contributed by atoms with Crippen LogP contribution in [0.1, 0.15) is 16.8 Å². The van der Waals surface area contributed by atoms with E-state index in [0.717, 1.165) is 17.0 Å². The molecule has 0 aromatic heterocycles. The lowest BCUT2D eigenvalue weighted by Crippen LogP contribution is -2.40. The zero-order valence-electron chi connectivity index (χ0n) is 9.41. The molecule has 1 heterocycles. The number of β-amino-alcohol motifs (C(OH)–C–C–N with tert-alkyl or cyclic N) is 1. The highest BCUT2D eigenvalue weighted by Crippen LogP contribution is 2.21. The van der Waals surface area contributed by atoms with E-state index in [0.29, 0.717) is 0 Å². The molecule has 1 amide bonds. The molecule has 18 heavy (non-hydrogen) atoms. The zero-order chi connectivity index (χ0) is 13.3. The highest BCUT2D eigenvalue weighted by atomic mass is 19.1. The maximum atomic E-state index is 12.7. The third-order valence-corrected chi connectivity index (χ3v) is 2.92. The van der Waals surface area contributed by atoms with Crippen LogP contribution in [0.4, 0.5) is 4.39 Å². The van der Waals surface area contributed by atoms with E-state index < -0.39 is 29.8 Å². The molecular weight excluding hydrogens is 241 g/mol. The molecule has 1 aromatic carbocycles. The van der Waals surface area contributed by atoms with Crippen LogP contribution in [0.15, 0.2) is 24.3 Å². The molecule has 6 heteroatoms. The number of hydrogen-bond donors (Lipinski definition) is 2. The predicted octanol–water partition coefficient (Wildman–Crippen LogP) is 0.486. The molecule has 1 unspecified atom stereocenters. The first-order chi connectivity index (χ1) is 8.49. The van der Waals surface area contributed by atoms with Gasteiger partial charge < -0.3 is 15.1 Å². The van der Waals surface area contributed by atoms with Crippen LogP contribution in [0.3, 0.4) is 0 Å². The Morgan fingerprint density at radius 2 is 1.89 bits per heavy atom. The summed E-state index contributed by atoms with van der Waals surface area (Å²) in [4.78, 5) is 24.1. The van der Waals surface area contributed by atoms with Crippen molar-refractivity contribution in [2.75, 3.05) is 6.54 Å². The van der Waals surface area contributed by atoms with E-state index in [-0.39, 0.29) is 18.5 Å². The van der Waals surface area contributed by atoms with Gasteiger partial charge in [-0.2, -0.15) is 0 Å². The zero-order valence-corrected chi connectivity index (χ0v) is 9.41. The maximum Gasteiger partial charge on any atom is 0.326 e. The smallest absolute Gasteiger partial charge is 0.326 e. The van der Waals surface area contributed by atoms with Crippen molar-refractivity contribution in [2.45, 2.75) is 18.6 Å². The van der Waals surface area contributed by atoms with Gasteiger partial charge in [0.2, 0.25) is 0 Å². The quantitative estimate of drug-likeness (QED) is 0.804. The number of amides is 1. The SMILES string of the molecule is O=C(O)[C@@H]1CC(O)CN1C(=O)c1ccc(F)cc1. The van der Waals surface area contributed by atoms with Crippen molar-refractivity contribution in [3.05, 3.63) is 35.6 Å². The Kier molecular flexibility index (Phi) is 3.29. The summed E-state index contributed by atoms with van der Waals surface area (Å²) in [5.41, 5.74) is 0.205. The minimum atomic E-state index is -1.15. The molecule has 1 saturated heterocycles. The molecule has 1 aliphatic heterocycles. The number of aliphatic hydroxyl groups excluding tert-OH is 1. The number of nitrogens with zero attached hydrogens (tertiary/aromatic N) is 1. The molecule has 0 spiro atoms. The minimum absolute atomic E-state index is 0.0161. The summed E-state index contributed by atoms with van der Waals surface area (Å²) >= 11 is 0. The number of halogens is 1. The Hall–Kier alpha value is -1.95. The van der Waals surface area contributed by atoms with Gasteiger partial charge in [0, 0.05) is 18.5 Å². The van der Waals surface area contributed by atoms with Crippen LogP contribution >= 0.6 is 0 Å². The molecule has 0 radical (unpaired) electrons. The van der Waals surface area contributed by atoms with E-state index in [1.54, 1.807) is 0 Å². The van der Waals surface area contributed by atoms with Gasteiger partial charge in [0.25, 0.3) is 5.91 Å². The van der Waals surface area contributed by atoms with Crippen molar-refractivity contribution in [3.63, 3.8) is 0 Å².